The highest BCUT2D eigenvalue weighted by Gasteiger charge is 2.22. The van der Waals surface area contributed by atoms with Gasteiger partial charge in [-0.15, -0.1) is 11.3 Å². The third kappa shape index (κ3) is 4.76. The number of sulfonamides is 1. The molecular weight excluding hydrogens is 444 g/mol. The minimum atomic E-state index is -3.72. The largest absolute Gasteiger partial charge is 0.497 e. The zero-order valence-corrected chi connectivity index (χ0v) is 20.0. The van der Waals surface area contributed by atoms with Crippen LogP contribution < -0.4 is 14.4 Å². The van der Waals surface area contributed by atoms with Gasteiger partial charge in [0.25, 0.3) is 15.9 Å². The number of rotatable bonds is 6. The second-order valence-electron chi connectivity index (χ2n) is 8.14. The number of hydrogen-bond donors (Lipinski definition) is 1. The predicted octanol–water partition coefficient (Wildman–Crippen LogP) is 5.19. The molecule has 3 aromatic rings. The van der Waals surface area contributed by atoms with Gasteiger partial charge in [-0.2, -0.15) is 0 Å². The van der Waals surface area contributed by atoms with Crippen LogP contribution in [0.1, 0.15) is 48.2 Å². The minimum absolute atomic E-state index is 0.0427. The fraction of sp³-hybridized carbons (Fsp3) is 0.375. The van der Waals surface area contributed by atoms with E-state index in [1.807, 2.05) is 18.2 Å². The van der Waals surface area contributed by atoms with Crippen LogP contribution in [0.3, 0.4) is 0 Å². The second kappa shape index (κ2) is 9.50. The Bertz CT molecular complexity index is 1190. The molecule has 0 bridgehead atoms. The molecule has 1 N–H and O–H groups in total. The van der Waals surface area contributed by atoms with Crippen LogP contribution in [-0.4, -0.2) is 34.5 Å². The van der Waals surface area contributed by atoms with E-state index in [0.29, 0.717) is 16.3 Å². The highest BCUT2D eigenvalue weighted by molar-refractivity contribution is 7.92. The Morgan fingerprint density at radius 3 is 2.38 bits per heavy atom. The van der Waals surface area contributed by atoms with Crippen molar-refractivity contribution in [3.05, 3.63) is 53.4 Å². The van der Waals surface area contributed by atoms with Crippen molar-refractivity contribution in [3.63, 3.8) is 0 Å². The number of benzene rings is 2. The molecule has 0 radical (unpaired) electrons. The fourth-order valence-electron chi connectivity index (χ4n) is 4.06. The monoisotopic (exact) mass is 472 g/mol. The lowest BCUT2D eigenvalue weighted by molar-refractivity contribution is 0.0937. The molecule has 1 fully saturated rings. The maximum Gasteiger partial charge on any atom is 0.264 e. The summed E-state index contributed by atoms with van der Waals surface area (Å²) in [5, 5.41) is 4.04. The number of nitrogens with one attached hydrogen (secondary N) is 1. The lowest BCUT2D eigenvalue weighted by Crippen LogP contribution is -2.33. The molecule has 32 heavy (non-hydrogen) atoms. The van der Waals surface area contributed by atoms with Crippen molar-refractivity contribution in [1.82, 2.24) is 5.32 Å². The van der Waals surface area contributed by atoms with Crippen LogP contribution in [0, 0.1) is 0 Å². The van der Waals surface area contributed by atoms with Gasteiger partial charge in [-0.1, -0.05) is 25.7 Å². The number of nitrogens with zero attached hydrogens (tertiary/aromatic N) is 1. The Morgan fingerprint density at radius 2 is 1.72 bits per heavy atom. The minimum Gasteiger partial charge on any atom is -0.497 e. The summed E-state index contributed by atoms with van der Waals surface area (Å²) in [5.41, 5.74) is 0.543. The van der Waals surface area contributed by atoms with E-state index in [4.69, 9.17) is 4.74 Å². The van der Waals surface area contributed by atoms with E-state index in [9.17, 15) is 13.2 Å². The molecule has 6 nitrogen and oxygen atoms in total. The van der Waals surface area contributed by atoms with Crippen molar-refractivity contribution in [3.8, 4) is 5.75 Å². The quantitative estimate of drug-likeness (QED) is 0.501. The van der Waals surface area contributed by atoms with E-state index >= 15 is 0 Å². The molecule has 2 aromatic carbocycles. The van der Waals surface area contributed by atoms with E-state index in [2.05, 4.69) is 5.32 Å². The number of hydrogen-bond acceptors (Lipinski definition) is 5. The van der Waals surface area contributed by atoms with E-state index in [-0.39, 0.29) is 16.8 Å². The normalized spacial score (nSPS) is 15.3. The average molecular weight is 473 g/mol. The zero-order chi connectivity index (χ0) is 22.7. The lowest BCUT2D eigenvalue weighted by Gasteiger charge is -2.19. The average Bonchev–Trinajstić information content (AvgIpc) is 3.07. The highest BCUT2D eigenvalue weighted by atomic mass is 32.2. The van der Waals surface area contributed by atoms with Gasteiger partial charge >= 0.3 is 0 Å². The molecule has 1 aliphatic carbocycles. The lowest BCUT2D eigenvalue weighted by atomic mass is 10.1. The van der Waals surface area contributed by atoms with Crippen molar-refractivity contribution < 1.29 is 17.9 Å². The molecule has 0 atom stereocenters. The van der Waals surface area contributed by atoms with Gasteiger partial charge in [0.2, 0.25) is 0 Å². The first-order valence-corrected chi connectivity index (χ1v) is 13.1. The summed E-state index contributed by atoms with van der Waals surface area (Å²) < 4.78 is 33.4. The number of carbonyl (C=O) groups excluding carboxylic acids is 1. The molecule has 170 valence electrons. The summed E-state index contributed by atoms with van der Waals surface area (Å²) in [7, 11) is -0.643. The summed E-state index contributed by atoms with van der Waals surface area (Å²) in [5.74, 6) is 0.555. The van der Waals surface area contributed by atoms with Crippen LogP contribution in [0.2, 0.25) is 0 Å². The van der Waals surface area contributed by atoms with Gasteiger partial charge in [0.15, 0.2) is 0 Å². The van der Waals surface area contributed by atoms with Crippen molar-refractivity contribution in [1.29, 1.82) is 0 Å². The van der Waals surface area contributed by atoms with Gasteiger partial charge in [-0.25, -0.2) is 8.42 Å². The maximum atomic E-state index is 13.1. The summed E-state index contributed by atoms with van der Waals surface area (Å²) in [6.45, 7) is 0. The molecule has 1 saturated carbocycles. The summed E-state index contributed by atoms with van der Waals surface area (Å²) >= 11 is 1.43. The number of ether oxygens (including phenoxy) is 1. The smallest absolute Gasteiger partial charge is 0.264 e. The molecule has 4 rings (SSSR count). The number of carbonyl (C=O) groups is 1. The molecule has 1 aliphatic rings. The Hall–Kier alpha value is -2.58. The van der Waals surface area contributed by atoms with Crippen LogP contribution >= 0.6 is 11.3 Å². The first-order chi connectivity index (χ1) is 15.4. The van der Waals surface area contributed by atoms with Crippen molar-refractivity contribution in [2.75, 3.05) is 18.5 Å². The molecule has 1 aromatic heterocycles. The topological polar surface area (TPSA) is 75.7 Å². The molecular formula is C24H28N2O4S2. The summed E-state index contributed by atoms with van der Waals surface area (Å²) in [6, 6.07) is 13.9. The van der Waals surface area contributed by atoms with Crippen molar-refractivity contribution >= 4 is 43.0 Å². The number of anilines is 1. The van der Waals surface area contributed by atoms with Gasteiger partial charge in [0.1, 0.15) is 5.75 Å². The van der Waals surface area contributed by atoms with Crippen LogP contribution in [-0.2, 0) is 10.0 Å². The highest BCUT2D eigenvalue weighted by Crippen LogP contribution is 2.31. The van der Waals surface area contributed by atoms with E-state index in [1.54, 1.807) is 18.2 Å². The van der Waals surface area contributed by atoms with E-state index in [1.165, 1.54) is 54.8 Å². The maximum absolute atomic E-state index is 13.1. The van der Waals surface area contributed by atoms with Crippen LogP contribution in [0.5, 0.6) is 5.75 Å². The SMILES string of the molecule is COc1ccc(S(=O)(=O)N(C)c2ccc3sc(C(=O)NC4CCCCCC4)cc3c2)cc1. The first-order valence-electron chi connectivity index (χ1n) is 10.9. The van der Waals surface area contributed by atoms with Crippen LogP contribution in [0.25, 0.3) is 10.1 Å². The molecule has 1 heterocycles. The molecule has 0 aliphatic heterocycles. The number of fused-ring (bicyclic) bond motifs is 1. The molecule has 8 heteroatoms. The Kier molecular flexibility index (Phi) is 6.71. The van der Waals surface area contributed by atoms with E-state index in [0.717, 1.165) is 35.8 Å². The first kappa shape index (κ1) is 22.6. The Balaban J connectivity index is 1.54. The second-order valence-corrected chi connectivity index (χ2v) is 11.2. The van der Waals surface area contributed by atoms with Crippen molar-refractivity contribution in [2.45, 2.75) is 49.5 Å². The van der Waals surface area contributed by atoms with Gasteiger partial charge in [-0.3, -0.25) is 9.10 Å². The van der Waals surface area contributed by atoms with Gasteiger partial charge in [0.05, 0.1) is 22.6 Å². The standard InChI is InChI=1S/C24H28N2O4S2/c1-26(32(28,29)21-12-10-20(30-2)11-13-21)19-9-14-22-17(15-19)16-23(31-22)24(27)25-18-7-5-3-4-6-8-18/h9-16,18H,3-8H2,1-2H3,(H,25,27). The summed E-state index contributed by atoms with van der Waals surface area (Å²) in [4.78, 5) is 13.6. The number of thiophene rings is 1. The van der Waals surface area contributed by atoms with Crippen molar-refractivity contribution in [2.24, 2.45) is 0 Å². The third-order valence-corrected chi connectivity index (χ3v) is 8.91. The van der Waals surface area contributed by atoms with Crippen LogP contribution in [0.15, 0.2) is 53.4 Å². The summed E-state index contributed by atoms with van der Waals surface area (Å²) in [6.07, 6.45) is 6.88. The van der Waals surface area contributed by atoms with Crippen LogP contribution in [0.4, 0.5) is 5.69 Å². The zero-order valence-electron chi connectivity index (χ0n) is 18.3. The number of amides is 1. The van der Waals surface area contributed by atoms with Gasteiger partial charge in [-0.05, 0) is 66.8 Å². The number of methoxy groups -OCH3 is 1. The Labute approximate surface area is 193 Å². The van der Waals surface area contributed by atoms with Gasteiger partial charge in [0, 0.05) is 17.8 Å². The molecule has 0 saturated heterocycles. The fourth-order valence-corrected chi connectivity index (χ4v) is 6.20. The third-order valence-electron chi connectivity index (χ3n) is 6.00. The molecule has 0 spiro atoms. The predicted molar refractivity (Wildman–Crippen MR) is 129 cm³/mol. The van der Waals surface area contributed by atoms with E-state index < -0.39 is 10.0 Å². The molecule has 1 amide bonds. The van der Waals surface area contributed by atoms with Gasteiger partial charge < -0.3 is 10.1 Å². The Morgan fingerprint density at radius 1 is 1.03 bits per heavy atom. The molecule has 0 unspecified atom stereocenters.